The topological polar surface area (TPSA) is 45.2 Å². The normalized spacial score (nSPS) is 14.9. The monoisotopic (exact) mass is 301 g/mol. The Bertz CT molecular complexity index is 500. The van der Waals surface area contributed by atoms with Crippen molar-refractivity contribution >= 4 is 11.6 Å². The number of halogens is 3. The van der Waals surface area contributed by atoms with Gasteiger partial charge in [0.2, 0.25) is 0 Å². The molecule has 0 aliphatic heterocycles. The minimum absolute atomic E-state index is 0.196. The lowest BCUT2D eigenvalue weighted by Crippen LogP contribution is -2.40. The first kappa shape index (κ1) is 15.6. The quantitative estimate of drug-likeness (QED) is 0.878. The van der Waals surface area contributed by atoms with Crippen molar-refractivity contribution in [2.24, 2.45) is 0 Å². The third-order valence-corrected chi connectivity index (χ3v) is 3.22. The Balaban J connectivity index is 2.20. The maximum Gasteiger partial charge on any atom is 0.406 e. The number of hydrogen-bond acceptors (Lipinski definition) is 3. The summed E-state index contributed by atoms with van der Waals surface area (Å²) in [5.74, 6) is -0.610. The molecule has 0 aromatic carbocycles. The maximum atomic E-state index is 12.6. The standard InChI is InChI=1S/C14H18F3N3O/c1-2-6-19-12-5-7-18-8-11(12)13(21)20(10-3-4-10)9-14(15,16)17/h5,7-8,10H,2-4,6,9H2,1H3,(H,18,19). The predicted octanol–water partition coefficient (Wildman–Crippen LogP) is 3.07. The van der Waals surface area contributed by atoms with Crippen LogP contribution in [0, 0.1) is 0 Å². The average molecular weight is 301 g/mol. The summed E-state index contributed by atoms with van der Waals surface area (Å²) in [5, 5.41) is 3.05. The van der Waals surface area contributed by atoms with E-state index in [1.54, 1.807) is 6.07 Å². The molecule has 4 nitrogen and oxygen atoms in total. The van der Waals surface area contributed by atoms with Gasteiger partial charge in [-0.25, -0.2) is 0 Å². The number of amides is 1. The number of alkyl halides is 3. The zero-order valence-electron chi connectivity index (χ0n) is 11.8. The lowest BCUT2D eigenvalue weighted by atomic mass is 10.2. The highest BCUT2D eigenvalue weighted by Crippen LogP contribution is 2.32. The van der Waals surface area contributed by atoms with E-state index in [1.807, 2.05) is 6.92 Å². The van der Waals surface area contributed by atoms with Crippen LogP contribution in [0.15, 0.2) is 18.5 Å². The summed E-state index contributed by atoms with van der Waals surface area (Å²) in [7, 11) is 0. The second-order valence-corrected chi connectivity index (χ2v) is 5.13. The van der Waals surface area contributed by atoms with Crippen molar-refractivity contribution in [1.29, 1.82) is 0 Å². The molecule has 2 rings (SSSR count). The number of nitrogens with one attached hydrogen (secondary N) is 1. The second kappa shape index (κ2) is 6.32. The number of carbonyl (C=O) groups excluding carboxylic acids is 1. The molecule has 21 heavy (non-hydrogen) atoms. The molecule has 0 saturated heterocycles. The summed E-state index contributed by atoms with van der Waals surface area (Å²) < 4.78 is 37.9. The molecule has 1 aliphatic rings. The van der Waals surface area contributed by atoms with Gasteiger partial charge in [-0.2, -0.15) is 13.2 Å². The molecule has 1 saturated carbocycles. The van der Waals surface area contributed by atoms with E-state index in [2.05, 4.69) is 10.3 Å². The predicted molar refractivity (Wildman–Crippen MR) is 73.1 cm³/mol. The van der Waals surface area contributed by atoms with Gasteiger partial charge < -0.3 is 10.2 Å². The number of rotatable bonds is 6. The molecule has 1 aliphatic carbocycles. The van der Waals surface area contributed by atoms with Crippen LogP contribution in [-0.4, -0.2) is 41.1 Å². The Morgan fingerprint density at radius 1 is 1.48 bits per heavy atom. The Hall–Kier alpha value is -1.79. The zero-order chi connectivity index (χ0) is 15.5. The molecule has 0 bridgehead atoms. The minimum atomic E-state index is -4.39. The van der Waals surface area contributed by atoms with Crippen molar-refractivity contribution in [3.8, 4) is 0 Å². The van der Waals surface area contributed by atoms with Crippen LogP contribution in [-0.2, 0) is 0 Å². The van der Waals surface area contributed by atoms with Gasteiger partial charge in [-0.3, -0.25) is 9.78 Å². The number of aromatic nitrogens is 1. The Kier molecular flexibility index (Phi) is 4.69. The summed E-state index contributed by atoms with van der Waals surface area (Å²) in [6.45, 7) is 1.40. The number of nitrogens with zero attached hydrogens (tertiary/aromatic N) is 2. The van der Waals surface area contributed by atoms with Crippen molar-refractivity contribution in [3.63, 3.8) is 0 Å². The van der Waals surface area contributed by atoms with E-state index >= 15 is 0 Å². The molecule has 0 radical (unpaired) electrons. The molecule has 1 aromatic rings. The fourth-order valence-corrected chi connectivity index (χ4v) is 2.08. The van der Waals surface area contributed by atoms with Crippen molar-refractivity contribution in [3.05, 3.63) is 24.0 Å². The second-order valence-electron chi connectivity index (χ2n) is 5.13. The first-order chi connectivity index (χ1) is 9.92. The van der Waals surface area contributed by atoms with Gasteiger partial charge >= 0.3 is 6.18 Å². The number of carbonyl (C=O) groups is 1. The highest BCUT2D eigenvalue weighted by atomic mass is 19.4. The summed E-state index contributed by atoms with van der Waals surface area (Å²) >= 11 is 0. The fraction of sp³-hybridized carbons (Fsp3) is 0.571. The first-order valence-electron chi connectivity index (χ1n) is 6.98. The van der Waals surface area contributed by atoms with Gasteiger partial charge in [0.15, 0.2) is 0 Å². The van der Waals surface area contributed by atoms with E-state index in [4.69, 9.17) is 0 Å². The lowest BCUT2D eigenvalue weighted by Gasteiger charge is -2.24. The SMILES string of the molecule is CCCNc1ccncc1C(=O)N(CC(F)(F)F)C1CC1. The summed E-state index contributed by atoms with van der Waals surface area (Å²) in [4.78, 5) is 17.2. The average Bonchev–Trinajstić information content (AvgIpc) is 3.25. The largest absolute Gasteiger partial charge is 0.406 e. The van der Waals surface area contributed by atoms with E-state index in [-0.39, 0.29) is 11.6 Å². The van der Waals surface area contributed by atoms with E-state index in [0.29, 0.717) is 25.1 Å². The molecule has 116 valence electrons. The number of pyridine rings is 1. The summed E-state index contributed by atoms with van der Waals surface area (Å²) in [6, 6.07) is 1.31. The molecule has 7 heteroatoms. The van der Waals surface area contributed by atoms with Crippen LogP contribution in [0.5, 0.6) is 0 Å². The molecule has 1 aromatic heterocycles. The lowest BCUT2D eigenvalue weighted by molar-refractivity contribution is -0.141. The van der Waals surface area contributed by atoms with Crippen LogP contribution < -0.4 is 5.32 Å². The minimum Gasteiger partial charge on any atom is -0.384 e. The molecule has 0 unspecified atom stereocenters. The van der Waals surface area contributed by atoms with Crippen LogP contribution in [0.4, 0.5) is 18.9 Å². The fourth-order valence-electron chi connectivity index (χ4n) is 2.08. The van der Waals surface area contributed by atoms with Gasteiger partial charge in [0.1, 0.15) is 6.54 Å². The highest BCUT2D eigenvalue weighted by molar-refractivity contribution is 5.99. The molecular weight excluding hydrogens is 283 g/mol. The third-order valence-electron chi connectivity index (χ3n) is 3.22. The Morgan fingerprint density at radius 2 is 2.19 bits per heavy atom. The molecule has 0 atom stereocenters. The Labute approximate surface area is 121 Å². The van der Waals surface area contributed by atoms with Crippen LogP contribution in [0.1, 0.15) is 36.5 Å². The van der Waals surface area contributed by atoms with Gasteiger partial charge in [0.05, 0.1) is 11.3 Å². The van der Waals surface area contributed by atoms with E-state index in [1.165, 1.54) is 12.4 Å². The van der Waals surface area contributed by atoms with Gasteiger partial charge in [-0.1, -0.05) is 6.92 Å². The van der Waals surface area contributed by atoms with Gasteiger partial charge in [-0.15, -0.1) is 0 Å². The molecule has 1 amide bonds. The maximum absolute atomic E-state index is 12.6. The van der Waals surface area contributed by atoms with Gasteiger partial charge in [0.25, 0.3) is 5.91 Å². The van der Waals surface area contributed by atoms with Crippen LogP contribution in [0.2, 0.25) is 0 Å². The molecule has 1 heterocycles. The summed E-state index contributed by atoms with van der Waals surface area (Å²) in [6.07, 6.45) is 0.550. The molecule has 1 fully saturated rings. The number of anilines is 1. The van der Waals surface area contributed by atoms with Gasteiger partial charge in [-0.05, 0) is 25.3 Å². The van der Waals surface area contributed by atoms with Crippen LogP contribution in [0.3, 0.4) is 0 Å². The molecular formula is C14H18F3N3O. The van der Waals surface area contributed by atoms with E-state index in [9.17, 15) is 18.0 Å². The van der Waals surface area contributed by atoms with E-state index < -0.39 is 18.6 Å². The van der Waals surface area contributed by atoms with Crippen molar-refractivity contribution in [2.75, 3.05) is 18.4 Å². The van der Waals surface area contributed by atoms with Crippen molar-refractivity contribution in [2.45, 2.75) is 38.4 Å². The zero-order valence-corrected chi connectivity index (χ0v) is 11.8. The smallest absolute Gasteiger partial charge is 0.384 e. The van der Waals surface area contributed by atoms with Crippen molar-refractivity contribution in [1.82, 2.24) is 9.88 Å². The molecule has 1 N–H and O–H groups in total. The van der Waals surface area contributed by atoms with Crippen LogP contribution >= 0.6 is 0 Å². The Morgan fingerprint density at radius 3 is 2.76 bits per heavy atom. The highest BCUT2D eigenvalue weighted by Gasteiger charge is 2.41. The van der Waals surface area contributed by atoms with Crippen molar-refractivity contribution < 1.29 is 18.0 Å². The van der Waals surface area contributed by atoms with Crippen LogP contribution in [0.25, 0.3) is 0 Å². The van der Waals surface area contributed by atoms with E-state index in [0.717, 1.165) is 11.3 Å². The summed E-state index contributed by atoms with van der Waals surface area (Å²) in [5.41, 5.74) is 0.728. The number of hydrogen-bond donors (Lipinski definition) is 1. The first-order valence-corrected chi connectivity index (χ1v) is 6.98. The third kappa shape index (κ3) is 4.34. The molecule has 0 spiro atoms. The van der Waals surface area contributed by atoms with Gasteiger partial charge in [0, 0.05) is 25.0 Å².